The van der Waals surface area contributed by atoms with Gasteiger partial charge < -0.3 is 5.73 Å². The Hall–Kier alpha value is -1.55. The zero-order valence-electron chi connectivity index (χ0n) is 9.31. The van der Waals surface area contributed by atoms with E-state index in [-0.39, 0.29) is 0 Å². The van der Waals surface area contributed by atoms with Crippen LogP contribution >= 0.6 is 11.6 Å². The molecule has 1 fully saturated rings. The molecule has 1 saturated carbocycles. The summed E-state index contributed by atoms with van der Waals surface area (Å²) in [6.45, 7) is 0. The molecular weight excluding hydrogens is 236 g/mol. The fraction of sp³-hybridized carbons (Fsp3) is 0.333. The van der Waals surface area contributed by atoms with Gasteiger partial charge in [-0.15, -0.1) is 5.10 Å². The minimum Gasteiger partial charge on any atom is -0.382 e. The number of nitrogens with two attached hydrogens (primary N) is 1. The van der Waals surface area contributed by atoms with Crippen molar-refractivity contribution in [2.24, 2.45) is 0 Å². The lowest BCUT2D eigenvalue weighted by Crippen LogP contribution is -2.19. The number of rotatable bonds is 2. The molecule has 17 heavy (non-hydrogen) atoms. The average molecular weight is 249 g/mol. The summed E-state index contributed by atoms with van der Waals surface area (Å²) < 4.78 is 1.83. The van der Waals surface area contributed by atoms with Gasteiger partial charge in [0.2, 0.25) is 0 Å². The molecule has 0 spiro atoms. The van der Waals surface area contributed by atoms with E-state index < -0.39 is 0 Å². The molecule has 1 aromatic carbocycles. The Morgan fingerprint density at radius 3 is 2.82 bits per heavy atom. The molecule has 0 unspecified atom stereocenters. The topological polar surface area (TPSA) is 56.7 Å². The molecule has 2 N–H and O–H groups in total. The molecule has 3 rings (SSSR count). The largest absolute Gasteiger partial charge is 0.382 e. The first-order chi connectivity index (χ1) is 8.25. The number of hydrogen-bond acceptors (Lipinski definition) is 3. The highest BCUT2D eigenvalue weighted by Crippen LogP contribution is 2.35. The first-order valence-corrected chi connectivity index (χ1v) is 6.10. The first-order valence-electron chi connectivity index (χ1n) is 5.72. The lowest BCUT2D eigenvalue weighted by atomic mass is 9.93. The van der Waals surface area contributed by atoms with Crippen LogP contribution in [0.3, 0.4) is 0 Å². The van der Waals surface area contributed by atoms with Crippen LogP contribution in [0.5, 0.6) is 0 Å². The van der Waals surface area contributed by atoms with Gasteiger partial charge in [0.05, 0.1) is 6.04 Å². The monoisotopic (exact) mass is 248 g/mol. The van der Waals surface area contributed by atoms with E-state index in [0.717, 1.165) is 24.1 Å². The number of benzene rings is 1. The Bertz CT molecular complexity index is 545. The van der Waals surface area contributed by atoms with Crippen molar-refractivity contribution in [1.82, 2.24) is 15.0 Å². The molecule has 1 aliphatic rings. The van der Waals surface area contributed by atoms with Crippen LogP contribution in [0.25, 0.3) is 11.3 Å². The van der Waals surface area contributed by atoms with Gasteiger partial charge >= 0.3 is 0 Å². The zero-order valence-corrected chi connectivity index (χ0v) is 10.1. The van der Waals surface area contributed by atoms with Gasteiger partial charge in [-0.25, -0.2) is 4.68 Å². The fourth-order valence-electron chi connectivity index (χ4n) is 2.04. The van der Waals surface area contributed by atoms with Crippen molar-refractivity contribution in [1.29, 1.82) is 0 Å². The SMILES string of the molecule is Nc1c(-c2cccc(Cl)c2)nnn1C1CCC1. The third kappa shape index (κ3) is 1.78. The molecule has 1 aliphatic carbocycles. The molecule has 88 valence electrons. The highest BCUT2D eigenvalue weighted by Gasteiger charge is 2.24. The summed E-state index contributed by atoms with van der Waals surface area (Å²) in [7, 11) is 0. The maximum atomic E-state index is 6.09. The molecule has 0 saturated heterocycles. The minimum atomic E-state index is 0.426. The molecular formula is C12H13ClN4. The van der Waals surface area contributed by atoms with Gasteiger partial charge in [-0.2, -0.15) is 0 Å². The third-order valence-electron chi connectivity index (χ3n) is 3.25. The molecule has 1 heterocycles. The van der Waals surface area contributed by atoms with E-state index in [1.54, 1.807) is 0 Å². The standard InChI is InChI=1S/C12H13ClN4/c13-9-4-1-3-8(7-9)11-12(14)17(16-15-11)10-5-2-6-10/h1,3-4,7,10H,2,5-6,14H2. The summed E-state index contributed by atoms with van der Waals surface area (Å²) in [4.78, 5) is 0. The van der Waals surface area contributed by atoms with Crippen LogP contribution in [-0.2, 0) is 0 Å². The van der Waals surface area contributed by atoms with Crippen LogP contribution < -0.4 is 5.73 Å². The van der Waals surface area contributed by atoms with Gasteiger partial charge in [0, 0.05) is 10.6 Å². The van der Waals surface area contributed by atoms with Gasteiger partial charge in [0.25, 0.3) is 0 Å². The summed E-state index contributed by atoms with van der Waals surface area (Å²) in [5.41, 5.74) is 7.73. The van der Waals surface area contributed by atoms with Crippen molar-refractivity contribution < 1.29 is 0 Å². The molecule has 5 heteroatoms. The predicted molar refractivity (Wildman–Crippen MR) is 67.8 cm³/mol. The molecule has 4 nitrogen and oxygen atoms in total. The lowest BCUT2D eigenvalue weighted by molar-refractivity contribution is 0.288. The van der Waals surface area contributed by atoms with E-state index >= 15 is 0 Å². The second kappa shape index (κ2) is 4.04. The molecule has 2 aromatic rings. The smallest absolute Gasteiger partial charge is 0.150 e. The molecule has 0 amide bonds. The number of anilines is 1. The van der Waals surface area contributed by atoms with E-state index in [2.05, 4.69) is 10.3 Å². The van der Waals surface area contributed by atoms with Gasteiger partial charge in [0.1, 0.15) is 5.69 Å². The van der Waals surface area contributed by atoms with E-state index in [1.807, 2.05) is 28.9 Å². The number of hydrogen-bond donors (Lipinski definition) is 1. The van der Waals surface area contributed by atoms with Gasteiger partial charge in [-0.3, -0.25) is 0 Å². The quantitative estimate of drug-likeness (QED) is 0.889. The second-order valence-corrected chi connectivity index (χ2v) is 4.80. The first kappa shape index (κ1) is 10.6. The van der Waals surface area contributed by atoms with E-state index in [0.29, 0.717) is 16.9 Å². The normalized spacial score (nSPS) is 15.8. The minimum absolute atomic E-state index is 0.426. The van der Waals surface area contributed by atoms with Crippen LogP contribution in [0.15, 0.2) is 24.3 Å². The molecule has 0 aliphatic heterocycles. The van der Waals surface area contributed by atoms with Crippen molar-refractivity contribution in [3.8, 4) is 11.3 Å². The van der Waals surface area contributed by atoms with E-state index in [1.165, 1.54) is 6.42 Å². The summed E-state index contributed by atoms with van der Waals surface area (Å²) in [6, 6.07) is 7.94. The maximum Gasteiger partial charge on any atom is 0.150 e. The number of nitrogens with zero attached hydrogens (tertiary/aromatic N) is 3. The Balaban J connectivity index is 2.00. The summed E-state index contributed by atoms with van der Waals surface area (Å²) in [6.07, 6.45) is 3.53. The van der Waals surface area contributed by atoms with Crippen LogP contribution in [0.4, 0.5) is 5.82 Å². The van der Waals surface area contributed by atoms with E-state index in [4.69, 9.17) is 17.3 Å². The summed E-state index contributed by atoms with van der Waals surface area (Å²) in [5, 5.41) is 8.98. The molecule has 0 bridgehead atoms. The van der Waals surface area contributed by atoms with Crippen molar-refractivity contribution in [3.05, 3.63) is 29.3 Å². The fourth-order valence-corrected chi connectivity index (χ4v) is 2.23. The van der Waals surface area contributed by atoms with Crippen molar-refractivity contribution in [3.63, 3.8) is 0 Å². The van der Waals surface area contributed by atoms with Crippen LogP contribution in [0, 0.1) is 0 Å². The maximum absolute atomic E-state index is 6.09. The average Bonchev–Trinajstić information content (AvgIpc) is 2.59. The number of halogens is 1. The van der Waals surface area contributed by atoms with Gasteiger partial charge in [-0.05, 0) is 31.4 Å². The Morgan fingerprint density at radius 2 is 2.18 bits per heavy atom. The highest BCUT2D eigenvalue weighted by molar-refractivity contribution is 6.30. The van der Waals surface area contributed by atoms with Crippen molar-refractivity contribution in [2.45, 2.75) is 25.3 Å². The number of nitrogen functional groups attached to an aromatic ring is 1. The highest BCUT2D eigenvalue weighted by atomic mass is 35.5. The lowest BCUT2D eigenvalue weighted by Gasteiger charge is -2.25. The number of aromatic nitrogens is 3. The summed E-state index contributed by atoms with van der Waals surface area (Å²) >= 11 is 5.96. The van der Waals surface area contributed by atoms with Crippen LogP contribution in [0.2, 0.25) is 5.02 Å². The molecule has 0 atom stereocenters. The Labute approximate surface area is 104 Å². The van der Waals surface area contributed by atoms with E-state index in [9.17, 15) is 0 Å². The van der Waals surface area contributed by atoms with Crippen LogP contribution in [0.1, 0.15) is 25.3 Å². The summed E-state index contributed by atoms with van der Waals surface area (Å²) in [5.74, 6) is 0.636. The second-order valence-electron chi connectivity index (χ2n) is 4.36. The van der Waals surface area contributed by atoms with Gasteiger partial charge in [0.15, 0.2) is 5.82 Å². The predicted octanol–water partition coefficient (Wildman–Crippen LogP) is 2.91. The molecule has 0 radical (unpaired) electrons. The van der Waals surface area contributed by atoms with Crippen molar-refractivity contribution in [2.75, 3.05) is 5.73 Å². The Kier molecular flexibility index (Phi) is 2.52. The molecule has 1 aromatic heterocycles. The Morgan fingerprint density at radius 1 is 1.35 bits per heavy atom. The van der Waals surface area contributed by atoms with Gasteiger partial charge in [-0.1, -0.05) is 28.9 Å². The van der Waals surface area contributed by atoms with Crippen LogP contribution in [-0.4, -0.2) is 15.0 Å². The zero-order chi connectivity index (χ0) is 11.8. The third-order valence-corrected chi connectivity index (χ3v) is 3.48. The van der Waals surface area contributed by atoms with Crippen molar-refractivity contribution >= 4 is 17.4 Å².